The Labute approximate surface area is 176 Å². The van der Waals surface area contributed by atoms with Crippen LogP contribution in [0.4, 0.5) is 4.39 Å². The van der Waals surface area contributed by atoms with Crippen molar-refractivity contribution in [3.8, 4) is 5.75 Å². The van der Waals surface area contributed by atoms with E-state index in [1.165, 1.54) is 30.3 Å². The Morgan fingerprint density at radius 2 is 1.73 bits per heavy atom. The molecule has 0 aromatic heterocycles. The first-order valence-corrected chi connectivity index (χ1v) is 12.3. The number of halogens is 1. The number of nitrogens with two attached hydrogens (primary N) is 1. The van der Waals surface area contributed by atoms with Crippen molar-refractivity contribution in [2.24, 2.45) is 5.73 Å². The molecule has 164 valence electrons. The van der Waals surface area contributed by atoms with Gasteiger partial charge in [-0.25, -0.2) is 25.9 Å². The van der Waals surface area contributed by atoms with E-state index in [-0.39, 0.29) is 34.7 Å². The smallest absolute Gasteiger partial charge is 0.240 e. The Morgan fingerprint density at radius 3 is 2.33 bits per heavy atom. The molecule has 0 radical (unpaired) electrons. The van der Waals surface area contributed by atoms with Crippen LogP contribution >= 0.6 is 0 Å². The molecule has 30 heavy (non-hydrogen) atoms. The Balaban J connectivity index is 2.17. The molecular weight excluding hydrogens is 431 g/mol. The van der Waals surface area contributed by atoms with Gasteiger partial charge in [-0.1, -0.05) is 24.3 Å². The number of hydrogen-bond acceptors (Lipinski definition) is 6. The number of rotatable bonds is 10. The highest BCUT2D eigenvalue weighted by Crippen LogP contribution is 2.27. The number of para-hydroxylation sites is 1. The first kappa shape index (κ1) is 24.0. The van der Waals surface area contributed by atoms with Crippen LogP contribution in [0.1, 0.15) is 19.4 Å². The second kappa shape index (κ2) is 10.2. The van der Waals surface area contributed by atoms with Gasteiger partial charge in [0, 0.05) is 12.6 Å². The SMILES string of the molecule is CC(C)NS(=O)(=O)c1ccc(COc2ccccc2S(=O)(=O)C/C(F)=C/CN)cc1. The number of nitrogens with one attached hydrogen (secondary N) is 1. The zero-order valence-corrected chi connectivity index (χ0v) is 18.3. The molecule has 0 aliphatic rings. The van der Waals surface area contributed by atoms with Crippen LogP contribution < -0.4 is 15.2 Å². The van der Waals surface area contributed by atoms with E-state index in [1.807, 2.05) is 0 Å². The van der Waals surface area contributed by atoms with E-state index in [0.29, 0.717) is 5.56 Å². The molecule has 2 aromatic carbocycles. The standard InChI is InChI=1S/C20H25FN2O5S2/c1-15(2)23-30(26,27)18-9-7-16(8-10-18)13-28-19-5-3-4-6-20(19)29(24,25)14-17(21)11-12-22/h3-11,15,23H,12-14,22H2,1-2H3/b17-11-. The summed E-state index contributed by atoms with van der Waals surface area (Å²) in [4.78, 5) is -0.0176. The summed E-state index contributed by atoms with van der Waals surface area (Å²) in [5.41, 5.74) is 5.85. The van der Waals surface area contributed by atoms with Crippen molar-refractivity contribution in [2.45, 2.75) is 36.3 Å². The minimum absolute atomic E-state index is 0.00555. The number of sulfone groups is 1. The van der Waals surface area contributed by atoms with Crippen molar-refractivity contribution in [3.05, 3.63) is 66.0 Å². The maximum atomic E-state index is 13.7. The van der Waals surface area contributed by atoms with E-state index >= 15 is 0 Å². The predicted molar refractivity (Wildman–Crippen MR) is 113 cm³/mol. The Morgan fingerprint density at radius 1 is 1.10 bits per heavy atom. The minimum atomic E-state index is -3.97. The van der Waals surface area contributed by atoms with Crippen molar-refractivity contribution < 1.29 is 26.0 Å². The van der Waals surface area contributed by atoms with Gasteiger partial charge in [0.2, 0.25) is 10.0 Å². The molecule has 2 aromatic rings. The van der Waals surface area contributed by atoms with Gasteiger partial charge < -0.3 is 10.5 Å². The monoisotopic (exact) mass is 456 g/mol. The molecule has 0 aliphatic carbocycles. The van der Waals surface area contributed by atoms with Gasteiger partial charge in [0.15, 0.2) is 9.84 Å². The molecule has 0 atom stereocenters. The number of ether oxygens (including phenoxy) is 1. The Bertz CT molecular complexity index is 1100. The lowest BCUT2D eigenvalue weighted by Crippen LogP contribution is -2.30. The molecule has 0 aliphatic heterocycles. The summed E-state index contributed by atoms with van der Waals surface area (Å²) in [5.74, 6) is -1.56. The largest absolute Gasteiger partial charge is 0.488 e. The summed E-state index contributed by atoms with van der Waals surface area (Å²) in [6.07, 6.45) is 1.00. The van der Waals surface area contributed by atoms with Gasteiger partial charge in [-0.2, -0.15) is 0 Å². The highest BCUT2D eigenvalue weighted by atomic mass is 32.2. The average Bonchev–Trinajstić information content (AvgIpc) is 2.65. The van der Waals surface area contributed by atoms with Crippen LogP contribution in [-0.2, 0) is 26.5 Å². The highest BCUT2D eigenvalue weighted by molar-refractivity contribution is 7.91. The van der Waals surface area contributed by atoms with Crippen molar-refractivity contribution in [3.63, 3.8) is 0 Å². The van der Waals surface area contributed by atoms with Crippen molar-refractivity contribution in [1.82, 2.24) is 4.72 Å². The maximum absolute atomic E-state index is 13.7. The van der Waals surface area contributed by atoms with Gasteiger partial charge >= 0.3 is 0 Å². The van der Waals surface area contributed by atoms with Crippen molar-refractivity contribution >= 4 is 19.9 Å². The minimum Gasteiger partial charge on any atom is -0.488 e. The van der Waals surface area contributed by atoms with Gasteiger partial charge in [-0.3, -0.25) is 0 Å². The molecule has 0 heterocycles. The normalized spacial score (nSPS) is 12.9. The summed E-state index contributed by atoms with van der Waals surface area (Å²) in [5, 5.41) is 0. The van der Waals surface area contributed by atoms with Crippen LogP contribution in [0.15, 0.2) is 70.2 Å². The van der Waals surface area contributed by atoms with Gasteiger partial charge in [-0.05, 0) is 49.8 Å². The summed E-state index contributed by atoms with van der Waals surface area (Å²) < 4.78 is 71.2. The van der Waals surface area contributed by atoms with Crippen LogP contribution in [0, 0.1) is 0 Å². The van der Waals surface area contributed by atoms with Gasteiger partial charge in [-0.15, -0.1) is 0 Å². The van der Waals surface area contributed by atoms with Crippen LogP contribution in [0.5, 0.6) is 5.75 Å². The fourth-order valence-corrected chi connectivity index (χ4v) is 5.18. The van der Waals surface area contributed by atoms with Crippen molar-refractivity contribution in [2.75, 3.05) is 12.3 Å². The molecule has 0 saturated heterocycles. The third-order valence-electron chi connectivity index (χ3n) is 3.87. The molecular formula is C20H25FN2O5S2. The lowest BCUT2D eigenvalue weighted by Gasteiger charge is -2.13. The van der Waals surface area contributed by atoms with Gasteiger partial charge in [0.05, 0.1) is 4.90 Å². The second-order valence-corrected chi connectivity index (χ2v) is 10.5. The zero-order valence-electron chi connectivity index (χ0n) is 16.7. The third-order valence-corrected chi connectivity index (χ3v) is 7.21. The number of sulfonamides is 1. The lowest BCUT2D eigenvalue weighted by molar-refractivity contribution is 0.298. The average molecular weight is 457 g/mol. The second-order valence-electron chi connectivity index (χ2n) is 6.80. The summed E-state index contributed by atoms with van der Waals surface area (Å²) in [7, 11) is -7.57. The topological polar surface area (TPSA) is 116 Å². The molecule has 0 saturated carbocycles. The molecule has 0 bridgehead atoms. The fourth-order valence-electron chi connectivity index (χ4n) is 2.58. The molecule has 2 rings (SSSR count). The van der Waals surface area contributed by atoms with E-state index in [4.69, 9.17) is 10.5 Å². The summed E-state index contributed by atoms with van der Waals surface area (Å²) >= 11 is 0. The van der Waals surface area contributed by atoms with E-state index in [9.17, 15) is 21.2 Å². The van der Waals surface area contributed by atoms with Crippen LogP contribution in [-0.4, -0.2) is 35.2 Å². The van der Waals surface area contributed by atoms with Crippen LogP contribution in [0.25, 0.3) is 0 Å². The van der Waals surface area contributed by atoms with Crippen LogP contribution in [0.2, 0.25) is 0 Å². The molecule has 0 fully saturated rings. The maximum Gasteiger partial charge on any atom is 0.240 e. The molecule has 0 amide bonds. The van der Waals surface area contributed by atoms with E-state index in [0.717, 1.165) is 6.08 Å². The first-order chi connectivity index (χ1) is 14.0. The van der Waals surface area contributed by atoms with Crippen molar-refractivity contribution in [1.29, 1.82) is 0 Å². The van der Waals surface area contributed by atoms with E-state index in [1.54, 1.807) is 32.0 Å². The molecule has 3 N–H and O–H groups in total. The van der Waals surface area contributed by atoms with E-state index in [2.05, 4.69) is 4.72 Å². The molecule has 10 heteroatoms. The zero-order chi connectivity index (χ0) is 22.4. The molecule has 7 nitrogen and oxygen atoms in total. The van der Waals surface area contributed by atoms with Gasteiger partial charge in [0.25, 0.3) is 0 Å². The molecule has 0 unspecified atom stereocenters. The Hall–Kier alpha value is -2.27. The lowest BCUT2D eigenvalue weighted by atomic mass is 10.2. The van der Waals surface area contributed by atoms with Crippen LogP contribution in [0.3, 0.4) is 0 Å². The number of hydrogen-bond donors (Lipinski definition) is 2. The van der Waals surface area contributed by atoms with Gasteiger partial charge in [0.1, 0.15) is 28.8 Å². The predicted octanol–water partition coefficient (Wildman–Crippen LogP) is 2.54. The van der Waals surface area contributed by atoms with E-state index < -0.39 is 31.4 Å². The summed E-state index contributed by atoms with van der Waals surface area (Å²) in [6.45, 7) is 3.36. The third kappa shape index (κ3) is 6.63. The highest BCUT2D eigenvalue weighted by Gasteiger charge is 2.21. The number of benzene rings is 2. The summed E-state index contributed by atoms with van der Waals surface area (Å²) in [6, 6.07) is 11.8. The fraction of sp³-hybridized carbons (Fsp3) is 0.300. The quantitative estimate of drug-likeness (QED) is 0.568. The molecule has 0 spiro atoms. The Kier molecular flexibility index (Phi) is 8.13. The first-order valence-electron chi connectivity index (χ1n) is 9.15.